The van der Waals surface area contributed by atoms with Crippen molar-refractivity contribution in [2.24, 2.45) is 10.7 Å². The van der Waals surface area contributed by atoms with E-state index in [0.29, 0.717) is 0 Å². The summed E-state index contributed by atoms with van der Waals surface area (Å²) >= 11 is 0. The van der Waals surface area contributed by atoms with Gasteiger partial charge in [-0.15, -0.1) is 10.2 Å². The molecule has 2 N–H and O–H groups in total. The molecule has 23 heavy (non-hydrogen) atoms. The van der Waals surface area contributed by atoms with Gasteiger partial charge in [-0.3, -0.25) is 4.99 Å². The maximum Gasteiger partial charge on any atom is 0.191 e. The van der Waals surface area contributed by atoms with Gasteiger partial charge in [0.25, 0.3) is 0 Å². The van der Waals surface area contributed by atoms with Crippen LogP contribution in [0.5, 0.6) is 0 Å². The number of guanidine groups is 1. The van der Waals surface area contributed by atoms with Gasteiger partial charge in [-0.05, 0) is 32.1 Å². The Morgan fingerprint density at radius 2 is 1.70 bits per heavy atom. The van der Waals surface area contributed by atoms with Crippen molar-refractivity contribution in [1.82, 2.24) is 19.7 Å². The number of nitrogens with two attached hydrogens (primary N) is 1. The third-order valence-electron chi connectivity index (χ3n) is 4.95. The smallest absolute Gasteiger partial charge is 0.191 e. The van der Waals surface area contributed by atoms with E-state index in [1.807, 2.05) is 0 Å². The Balaban J connectivity index is 1.47. The lowest BCUT2D eigenvalue weighted by molar-refractivity contribution is 0.428. The van der Waals surface area contributed by atoms with Crippen molar-refractivity contribution in [2.75, 3.05) is 19.6 Å². The number of aryl methyl sites for hydroxylation is 2. The van der Waals surface area contributed by atoms with Gasteiger partial charge in [0.05, 0.1) is 0 Å². The molecule has 3 heterocycles. The fourth-order valence-electron chi connectivity index (χ4n) is 3.56. The summed E-state index contributed by atoms with van der Waals surface area (Å²) in [7, 11) is 0. The molecule has 1 aromatic heterocycles. The lowest BCUT2D eigenvalue weighted by atomic mass is 10.2. The van der Waals surface area contributed by atoms with E-state index in [1.165, 1.54) is 50.8 Å². The predicted octanol–water partition coefficient (Wildman–Crippen LogP) is 2.13. The number of aromatic nitrogens is 3. The summed E-state index contributed by atoms with van der Waals surface area (Å²) in [6, 6.07) is 0. The van der Waals surface area contributed by atoms with Crippen LogP contribution in [0, 0.1) is 0 Å². The molecular weight excluding hydrogens is 288 g/mol. The van der Waals surface area contributed by atoms with E-state index in [-0.39, 0.29) is 0 Å². The highest BCUT2D eigenvalue weighted by Gasteiger charge is 2.14. The lowest BCUT2D eigenvalue weighted by Gasteiger charge is -2.21. The van der Waals surface area contributed by atoms with Crippen LogP contribution < -0.4 is 5.73 Å². The second-order valence-electron chi connectivity index (χ2n) is 6.74. The predicted molar refractivity (Wildman–Crippen MR) is 92.4 cm³/mol. The largest absolute Gasteiger partial charge is 0.370 e. The molecule has 0 saturated carbocycles. The van der Waals surface area contributed by atoms with Gasteiger partial charge in [0, 0.05) is 39.0 Å². The average molecular weight is 318 g/mol. The lowest BCUT2D eigenvalue weighted by Crippen LogP contribution is -2.38. The zero-order valence-electron chi connectivity index (χ0n) is 14.2. The second-order valence-corrected chi connectivity index (χ2v) is 6.74. The molecule has 0 unspecified atom stereocenters. The minimum absolute atomic E-state index is 0.729. The van der Waals surface area contributed by atoms with Crippen LogP contribution in [0.25, 0.3) is 0 Å². The molecule has 2 aliphatic rings. The van der Waals surface area contributed by atoms with Crippen molar-refractivity contribution in [3.05, 3.63) is 11.6 Å². The molecule has 2 aliphatic heterocycles. The molecule has 0 radical (unpaired) electrons. The molecule has 3 rings (SSSR count). The van der Waals surface area contributed by atoms with Crippen LogP contribution in [-0.4, -0.2) is 45.3 Å². The molecule has 0 amide bonds. The van der Waals surface area contributed by atoms with Crippen LogP contribution in [0.15, 0.2) is 4.99 Å². The number of fused-ring (bicyclic) bond motifs is 1. The minimum atomic E-state index is 0.729. The van der Waals surface area contributed by atoms with E-state index in [9.17, 15) is 0 Å². The molecular formula is C17H30N6. The Morgan fingerprint density at radius 3 is 2.52 bits per heavy atom. The zero-order chi connectivity index (χ0) is 15.9. The normalized spacial score (nSPS) is 20.0. The fraction of sp³-hybridized carbons (Fsp3) is 0.824. The molecule has 6 nitrogen and oxygen atoms in total. The van der Waals surface area contributed by atoms with Crippen LogP contribution in [0.3, 0.4) is 0 Å². The van der Waals surface area contributed by atoms with Crippen LogP contribution in [0.1, 0.15) is 63.0 Å². The number of rotatable bonds is 4. The number of nitrogens with zero attached hydrogens (tertiary/aromatic N) is 5. The molecule has 0 spiro atoms. The third kappa shape index (κ3) is 4.45. The Morgan fingerprint density at radius 1 is 0.957 bits per heavy atom. The molecule has 128 valence electrons. The Labute approximate surface area is 139 Å². The highest BCUT2D eigenvalue weighted by molar-refractivity contribution is 5.78. The standard InChI is InChI=1S/C17H30N6/c18-17(22-12-5-1-2-6-13-22)19-11-8-10-16-21-20-15-9-4-3-7-14-23(15)16/h1-14H2,(H2,18,19). The molecule has 6 heteroatoms. The van der Waals surface area contributed by atoms with Gasteiger partial charge in [0.1, 0.15) is 11.6 Å². The zero-order valence-corrected chi connectivity index (χ0v) is 14.2. The highest BCUT2D eigenvalue weighted by atomic mass is 15.3. The first-order valence-corrected chi connectivity index (χ1v) is 9.30. The number of hydrogen-bond donors (Lipinski definition) is 1. The Hall–Kier alpha value is -1.59. The van der Waals surface area contributed by atoms with E-state index in [0.717, 1.165) is 57.2 Å². The van der Waals surface area contributed by atoms with E-state index in [2.05, 4.69) is 24.7 Å². The molecule has 0 aliphatic carbocycles. The van der Waals surface area contributed by atoms with Gasteiger partial charge in [-0.25, -0.2) is 0 Å². The van der Waals surface area contributed by atoms with Crippen molar-refractivity contribution < 1.29 is 0 Å². The SMILES string of the molecule is NC(=NCCCc1nnc2n1CCCCC2)N1CCCCCC1. The van der Waals surface area contributed by atoms with Crippen LogP contribution in [-0.2, 0) is 19.4 Å². The van der Waals surface area contributed by atoms with Gasteiger partial charge >= 0.3 is 0 Å². The summed E-state index contributed by atoms with van der Waals surface area (Å²) in [5, 5.41) is 8.74. The van der Waals surface area contributed by atoms with Gasteiger partial charge in [-0.1, -0.05) is 19.3 Å². The third-order valence-corrected chi connectivity index (χ3v) is 4.95. The number of aliphatic imine (C=N–C) groups is 1. The molecule has 0 bridgehead atoms. The molecule has 0 atom stereocenters. The monoisotopic (exact) mass is 318 g/mol. The first kappa shape index (κ1) is 16.3. The summed E-state index contributed by atoms with van der Waals surface area (Å²) in [6.45, 7) is 3.99. The number of hydrogen-bond acceptors (Lipinski definition) is 3. The van der Waals surface area contributed by atoms with Gasteiger partial charge in [0.2, 0.25) is 0 Å². The number of likely N-dealkylation sites (tertiary alicyclic amines) is 1. The van der Waals surface area contributed by atoms with E-state index in [1.54, 1.807) is 0 Å². The van der Waals surface area contributed by atoms with Crippen LogP contribution in [0.2, 0.25) is 0 Å². The molecule has 1 aromatic rings. The van der Waals surface area contributed by atoms with E-state index >= 15 is 0 Å². The summed E-state index contributed by atoms with van der Waals surface area (Å²) in [5.74, 6) is 3.03. The highest BCUT2D eigenvalue weighted by Crippen LogP contribution is 2.15. The minimum Gasteiger partial charge on any atom is -0.370 e. The van der Waals surface area contributed by atoms with Crippen molar-refractivity contribution >= 4 is 5.96 Å². The van der Waals surface area contributed by atoms with Crippen molar-refractivity contribution in [3.8, 4) is 0 Å². The summed E-state index contributed by atoms with van der Waals surface area (Å²) in [5.41, 5.74) is 6.15. The van der Waals surface area contributed by atoms with Gasteiger partial charge in [-0.2, -0.15) is 0 Å². The average Bonchev–Trinajstić information content (AvgIpc) is 2.80. The topological polar surface area (TPSA) is 72.3 Å². The fourth-order valence-corrected chi connectivity index (χ4v) is 3.56. The van der Waals surface area contributed by atoms with E-state index in [4.69, 9.17) is 5.73 Å². The first-order chi connectivity index (χ1) is 11.3. The van der Waals surface area contributed by atoms with Crippen LogP contribution in [0.4, 0.5) is 0 Å². The molecule has 1 saturated heterocycles. The summed E-state index contributed by atoms with van der Waals surface area (Å²) in [6.07, 6.45) is 11.9. The molecule has 1 fully saturated rings. The first-order valence-electron chi connectivity index (χ1n) is 9.30. The molecule has 0 aromatic carbocycles. The summed E-state index contributed by atoms with van der Waals surface area (Å²) < 4.78 is 2.33. The van der Waals surface area contributed by atoms with Crippen molar-refractivity contribution in [2.45, 2.75) is 70.8 Å². The maximum absolute atomic E-state index is 6.15. The Kier molecular flexibility index (Phi) is 5.88. The maximum atomic E-state index is 6.15. The van der Waals surface area contributed by atoms with Crippen LogP contribution >= 0.6 is 0 Å². The van der Waals surface area contributed by atoms with Gasteiger partial charge < -0.3 is 15.2 Å². The second kappa shape index (κ2) is 8.31. The Bertz CT molecular complexity index is 513. The summed E-state index contributed by atoms with van der Waals surface area (Å²) in [4.78, 5) is 6.83. The van der Waals surface area contributed by atoms with Crippen molar-refractivity contribution in [3.63, 3.8) is 0 Å². The van der Waals surface area contributed by atoms with E-state index < -0.39 is 0 Å². The van der Waals surface area contributed by atoms with Gasteiger partial charge in [0.15, 0.2) is 5.96 Å². The van der Waals surface area contributed by atoms with Crippen molar-refractivity contribution in [1.29, 1.82) is 0 Å². The quantitative estimate of drug-likeness (QED) is 0.524.